The van der Waals surface area contributed by atoms with Crippen LogP contribution in [0.5, 0.6) is 0 Å². The number of likely N-dealkylation sites (tertiary alicyclic amines) is 1. The highest BCUT2D eigenvalue weighted by Gasteiger charge is 2.37. The molecule has 2 fully saturated rings. The molecule has 0 radical (unpaired) electrons. The first-order valence-corrected chi connectivity index (χ1v) is 8.61. The molecule has 24 heavy (non-hydrogen) atoms. The fraction of sp³-hybridized carbons (Fsp3) is 0.500. The van der Waals surface area contributed by atoms with E-state index in [0.717, 1.165) is 37.2 Å². The fourth-order valence-corrected chi connectivity index (χ4v) is 3.12. The Morgan fingerprint density at radius 2 is 1.96 bits per heavy atom. The van der Waals surface area contributed by atoms with E-state index in [4.69, 9.17) is 4.74 Å². The summed E-state index contributed by atoms with van der Waals surface area (Å²) in [7, 11) is 0. The van der Waals surface area contributed by atoms with Crippen LogP contribution in [0.25, 0.3) is 0 Å². The van der Waals surface area contributed by atoms with E-state index in [0.29, 0.717) is 19.1 Å². The largest absolute Gasteiger partial charge is 0.370 e. The molecular formula is C18H22N4O2. The van der Waals surface area contributed by atoms with Gasteiger partial charge in [-0.25, -0.2) is 4.68 Å². The van der Waals surface area contributed by atoms with Crippen molar-refractivity contribution in [3.63, 3.8) is 0 Å². The maximum absolute atomic E-state index is 12.1. The van der Waals surface area contributed by atoms with Crippen molar-refractivity contribution >= 4 is 5.91 Å². The molecule has 1 aromatic heterocycles. The Bertz CT molecular complexity index is 690. The molecule has 0 bridgehead atoms. The minimum Gasteiger partial charge on any atom is -0.370 e. The Kier molecular flexibility index (Phi) is 4.30. The van der Waals surface area contributed by atoms with E-state index in [1.807, 2.05) is 46.1 Å². The summed E-state index contributed by atoms with van der Waals surface area (Å²) in [6.07, 6.45) is 5.25. The van der Waals surface area contributed by atoms with Gasteiger partial charge in [0.1, 0.15) is 5.69 Å². The summed E-state index contributed by atoms with van der Waals surface area (Å²) in [5.74, 6) is 0.604. The first-order chi connectivity index (χ1) is 11.8. The van der Waals surface area contributed by atoms with Crippen LogP contribution in [0.1, 0.15) is 36.6 Å². The lowest BCUT2D eigenvalue weighted by Crippen LogP contribution is -2.53. The van der Waals surface area contributed by atoms with Crippen molar-refractivity contribution in [1.29, 1.82) is 0 Å². The van der Waals surface area contributed by atoms with Crippen LogP contribution in [0.2, 0.25) is 0 Å². The Morgan fingerprint density at radius 1 is 1.17 bits per heavy atom. The molecule has 1 amide bonds. The Hall–Kier alpha value is -2.21. The number of hydrogen-bond donors (Lipinski definition) is 0. The first kappa shape index (κ1) is 15.3. The van der Waals surface area contributed by atoms with Gasteiger partial charge in [0.15, 0.2) is 0 Å². The Morgan fingerprint density at radius 3 is 2.67 bits per heavy atom. The standard InChI is InChI=1S/C18H22N4O2/c23-18(15-7-4-8-15)21-10-17(11-21)22-9-16(19-20-22)13-24-12-14-5-2-1-3-6-14/h1-3,5-6,9,15,17H,4,7-8,10-13H2. The highest BCUT2D eigenvalue weighted by Crippen LogP contribution is 2.31. The fourth-order valence-electron chi connectivity index (χ4n) is 3.12. The predicted molar refractivity (Wildman–Crippen MR) is 87.9 cm³/mol. The molecule has 0 N–H and O–H groups in total. The maximum atomic E-state index is 12.1. The van der Waals surface area contributed by atoms with Gasteiger partial charge in [0.25, 0.3) is 0 Å². The number of ether oxygens (including phenoxy) is 1. The molecule has 1 aliphatic heterocycles. The molecule has 0 atom stereocenters. The molecule has 6 heteroatoms. The first-order valence-electron chi connectivity index (χ1n) is 8.61. The van der Waals surface area contributed by atoms with Gasteiger partial charge in [0.05, 0.1) is 25.5 Å². The summed E-state index contributed by atoms with van der Waals surface area (Å²) in [6.45, 7) is 2.53. The molecule has 6 nitrogen and oxygen atoms in total. The van der Waals surface area contributed by atoms with Crippen LogP contribution in [0.15, 0.2) is 36.5 Å². The molecule has 126 valence electrons. The molecule has 0 spiro atoms. The molecule has 4 rings (SSSR count). The van der Waals surface area contributed by atoms with E-state index in [1.54, 1.807) is 0 Å². The van der Waals surface area contributed by atoms with E-state index < -0.39 is 0 Å². The number of carbonyl (C=O) groups is 1. The lowest BCUT2D eigenvalue weighted by atomic mass is 9.83. The van der Waals surface area contributed by atoms with Crippen molar-refractivity contribution in [1.82, 2.24) is 19.9 Å². The maximum Gasteiger partial charge on any atom is 0.225 e. The SMILES string of the molecule is O=C(C1CCC1)N1CC(n2cc(COCc3ccccc3)nn2)C1. The van der Waals surface area contributed by atoms with E-state index in [1.165, 1.54) is 6.42 Å². The van der Waals surface area contributed by atoms with Crippen molar-refractivity contribution in [3.05, 3.63) is 47.8 Å². The van der Waals surface area contributed by atoms with Crippen LogP contribution >= 0.6 is 0 Å². The van der Waals surface area contributed by atoms with Crippen LogP contribution in [-0.2, 0) is 22.7 Å². The Balaban J connectivity index is 1.23. The van der Waals surface area contributed by atoms with E-state index in [9.17, 15) is 4.79 Å². The molecule has 2 heterocycles. The van der Waals surface area contributed by atoms with Gasteiger partial charge in [-0.15, -0.1) is 5.10 Å². The number of amides is 1. The smallest absolute Gasteiger partial charge is 0.225 e. The summed E-state index contributed by atoms with van der Waals surface area (Å²) < 4.78 is 7.55. The predicted octanol–water partition coefficient (Wildman–Crippen LogP) is 2.18. The monoisotopic (exact) mass is 326 g/mol. The molecule has 1 aromatic carbocycles. The quantitative estimate of drug-likeness (QED) is 0.816. The van der Waals surface area contributed by atoms with Gasteiger partial charge < -0.3 is 9.64 Å². The van der Waals surface area contributed by atoms with Gasteiger partial charge in [-0.3, -0.25) is 4.79 Å². The average molecular weight is 326 g/mol. The van der Waals surface area contributed by atoms with Crippen molar-refractivity contribution < 1.29 is 9.53 Å². The minimum absolute atomic E-state index is 0.254. The average Bonchev–Trinajstić information content (AvgIpc) is 2.93. The Labute approximate surface area is 141 Å². The zero-order chi connectivity index (χ0) is 16.4. The van der Waals surface area contributed by atoms with E-state index >= 15 is 0 Å². The zero-order valence-electron chi connectivity index (χ0n) is 13.7. The number of carbonyl (C=O) groups excluding carboxylic acids is 1. The van der Waals surface area contributed by atoms with Crippen LogP contribution in [0.4, 0.5) is 0 Å². The summed E-state index contributed by atoms with van der Waals surface area (Å²) in [6, 6.07) is 10.3. The van der Waals surface area contributed by atoms with Crippen molar-refractivity contribution in [2.75, 3.05) is 13.1 Å². The lowest BCUT2D eigenvalue weighted by Gasteiger charge is -2.42. The summed E-state index contributed by atoms with van der Waals surface area (Å²) in [4.78, 5) is 14.1. The van der Waals surface area contributed by atoms with Gasteiger partial charge in [-0.1, -0.05) is 42.0 Å². The van der Waals surface area contributed by atoms with Gasteiger partial charge in [0.2, 0.25) is 5.91 Å². The molecule has 1 saturated carbocycles. The topological polar surface area (TPSA) is 60.2 Å². The minimum atomic E-state index is 0.254. The third-order valence-electron chi connectivity index (χ3n) is 4.92. The van der Waals surface area contributed by atoms with Crippen LogP contribution in [0.3, 0.4) is 0 Å². The second-order valence-electron chi connectivity index (χ2n) is 6.69. The molecular weight excluding hydrogens is 304 g/mol. The van der Waals surface area contributed by atoms with Crippen LogP contribution < -0.4 is 0 Å². The number of rotatable bonds is 6. The van der Waals surface area contributed by atoms with Gasteiger partial charge >= 0.3 is 0 Å². The van der Waals surface area contributed by atoms with E-state index in [2.05, 4.69) is 10.3 Å². The molecule has 2 aliphatic rings. The van der Waals surface area contributed by atoms with Crippen LogP contribution in [0, 0.1) is 5.92 Å². The van der Waals surface area contributed by atoms with Crippen molar-refractivity contribution in [3.8, 4) is 0 Å². The number of aromatic nitrogens is 3. The normalized spacial score (nSPS) is 18.2. The third-order valence-corrected chi connectivity index (χ3v) is 4.92. The molecule has 0 unspecified atom stereocenters. The molecule has 2 aromatic rings. The number of benzene rings is 1. The van der Waals surface area contributed by atoms with Crippen molar-refractivity contribution in [2.45, 2.75) is 38.5 Å². The van der Waals surface area contributed by atoms with Crippen LogP contribution in [-0.4, -0.2) is 38.9 Å². The number of hydrogen-bond acceptors (Lipinski definition) is 4. The number of nitrogens with zero attached hydrogens (tertiary/aromatic N) is 4. The van der Waals surface area contributed by atoms with Crippen molar-refractivity contribution in [2.24, 2.45) is 5.92 Å². The van der Waals surface area contributed by atoms with Gasteiger partial charge in [-0.05, 0) is 18.4 Å². The molecule has 1 aliphatic carbocycles. The molecule has 1 saturated heterocycles. The summed E-state index contributed by atoms with van der Waals surface area (Å²) in [5, 5.41) is 8.35. The third kappa shape index (κ3) is 3.19. The van der Waals surface area contributed by atoms with E-state index in [-0.39, 0.29) is 12.0 Å². The van der Waals surface area contributed by atoms with Gasteiger partial charge in [0, 0.05) is 19.0 Å². The highest BCUT2D eigenvalue weighted by atomic mass is 16.5. The van der Waals surface area contributed by atoms with Gasteiger partial charge in [-0.2, -0.15) is 0 Å². The lowest BCUT2D eigenvalue weighted by molar-refractivity contribution is -0.144. The summed E-state index contributed by atoms with van der Waals surface area (Å²) in [5.41, 5.74) is 1.98. The second kappa shape index (κ2) is 6.73. The second-order valence-corrected chi connectivity index (χ2v) is 6.69. The highest BCUT2D eigenvalue weighted by molar-refractivity contribution is 5.80. The summed E-state index contributed by atoms with van der Waals surface area (Å²) >= 11 is 0. The zero-order valence-corrected chi connectivity index (χ0v) is 13.7.